The molecule has 1 amide bonds. The van der Waals surface area contributed by atoms with E-state index in [0.29, 0.717) is 35.2 Å². The minimum absolute atomic E-state index is 0.128. The standard InChI is InChI=1S/C19H25ClN4O2/c1-11-18(20)12(2)24(22-11)10-16-6-7-17(26-16)19(25)21-13-8-14-4-5-15(9-13)23(14)3/h6-7,13-15H,4-5,8-10H2,1-3H3,(H,21,25). The number of aryl methyl sites for hydroxylation is 1. The summed E-state index contributed by atoms with van der Waals surface area (Å²) in [6, 6.07) is 5.00. The number of carbonyl (C=O) groups excluding carboxylic acids is 1. The van der Waals surface area contributed by atoms with Gasteiger partial charge in [-0.1, -0.05) is 11.6 Å². The van der Waals surface area contributed by atoms with Crippen molar-refractivity contribution in [3.05, 3.63) is 40.1 Å². The second-order valence-corrected chi connectivity index (χ2v) is 7.98. The number of fused-ring (bicyclic) bond motifs is 2. The Balaban J connectivity index is 1.40. The molecule has 0 saturated carbocycles. The van der Waals surface area contributed by atoms with Gasteiger partial charge in [-0.05, 0) is 58.7 Å². The Kier molecular flexibility index (Phi) is 4.57. The summed E-state index contributed by atoms with van der Waals surface area (Å²) >= 11 is 6.19. The number of furan rings is 1. The molecule has 0 aromatic carbocycles. The molecular formula is C19H25ClN4O2. The van der Waals surface area contributed by atoms with Crippen LogP contribution in [-0.4, -0.2) is 45.8 Å². The third kappa shape index (κ3) is 3.16. The predicted molar refractivity (Wildman–Crippen MR) is 99.6 cm³/mol. The molecule has 26 heavy (non-hydrogen) atoms. The van der Waals surface area contributed by atoms with E-state index in [1.165, 1.54) is 12.8 Å². The first-order chi connectivity index (χ1) is 12.4. The Labute approximate surface area is 158 Å². The van der Waals surface area contributed by atoms with Gasteiger partial charge in [0.2, 0.25) is 0 Å². The van der Waals surface area contributed by atoms with E-state index >= 15 is 0 Å². The highest BCUT2D eigenvalue weighted by Gasteiger charge is 2.39. The van der Waals surface area contributed by atoms with Gasteiger partial charge >= 0.3 is 0 Å². The summed E-state index contributed by atoms with van der Waals surface area (Å²) in [5.74, 6) is 0.927. The monoisotopic (exact) mass is 376 g/mol. The summed E-state index contributed by atoms with van der Waals surface area (Å²) in [4.78, 5) is 15.0. The van der Waals surface area contributed by atoms with Crippen molar-refractivity contribution in [3.63, 3.8) is 0 Å². The molecule has 2 atom stereocenters. The molecule has 2 fully saturated rings. The zero-order valence-electron chi connectivity index (χ0n) is 15.5. The van der Waals surface area contributed by atoms with Gasteiger partial charge in [0.25, 0.3) is 5.91 Å². The summed E-state index contributed by atoms with van der Waals surface area (Å²) < 4.78 is 7.56. The van der Waals surface area contributed by atoms with Crippen LogP contribution < -0.4 is 5.32 Å². The molecule has 1 N–H and O–H groups in total. The normalized spacial score (nSPS) is 25.6. The quantitative estimate of drug-likeness (QED) is 0.890. The second kappa shape index (κ2) is 6.74. The Hall–Kier alpha value is -1.79. The Morgan fingerprint density at radius 3 is 2.62 bits per heavy atom. The molecule has 2 bridgehead atoms. The van der Waals surface area contributed by atoms with Gasteiger partial charge in [-0.15, -0.1) is 0 Å². The van der Waals surface area contributed by atoms with E-state index in [1.54, 1.807) is 10.7 Å². The van der Waals surface area contributed by atoms with Crippen LogP contribution in [0.2, 0.25) is 5.02 Å². The first-order valence-corrected chi connectivity index (χ1v) is 9.61. The molecule has 2 aromatic rings. The number of hydrogen-bond acceptors (Lipinski definition) is 4. The van der Waals surface area contributed by atoms with Crippen molar-refractivity contribution in [2.24, 2.45) is 0 Å². The number of hydrogen-bond donors (Lipinski definition) is 1. The van der Waals surface area contributed by atoms with Gasteiger partial charge in [0, 0.05) is 18.1 Å². The summed E-state index contributed by atoms with van der Waals surface area (Å²) in [6.07, 6.45) is 4.53. The fraction of sp³-hybridized carbons (Fsp3) is 0.579. The Morgan fingerprint density at radius 1 is 1.31 bits per heavy atom. The number of aromatic nitrogens is 2. The average molecular weight is 377 g/mol. The molecule has 2 unspecified atom stereocenters. The van der Waals surface area contributed by atoms with Crippen molar-refractivity contribution in [3.8, 4) is 0 Å². The molecule has 140 valence electrons. The maximum Gasteiger partial charge on any atom is 0.287 e. The van der Waals surface area contributed by atoms with Crippen LogP contribution in [0.4, 0.5) is 0 Å². The molecule has 0 spiro atoms. The zero-order chi connectivity index (χ0) is 18.4. The molecule has 4 rings (SSSR count). The molecule has 2 aliphatic rings. The maximum atomic E-state index is 12.6. The molecule has 0 aliphatic carbocycles. The van der Waals surface area contributed by atoms with Crippen molar-refractivity contribution in [1.82, 2.24) is 20.0 Å². The average Bonchev–Trinajstić information content (AvgIpc) is 3.21. The molecule has 6 nitrogen and oxygen atoms in total. The van der Waals surface area contributed by atoms with Crippen LogP contribution in [0.15, 0.2) is 16.5 Å². The molecule has 2 saturated heterocycles. The van der Waals surface area contributed by atoms with Crippen molar-refractivity contribution in [1.29, 1.82) is 0 Å². The van der Waals surface area contributed by atoms with Crippen LogP contribution in [0.3, 0.4) is 0 Å². The summed E-state index contributed by atoms with van der Waals surface area (Å²) in [7, 11) is 2.20. The summed E-state index contributed by atoms with van der Waals surface area (Å²) in [5, 5.41) is 8.23. The summed E-state index contributed by atoms with van der Waals surface area (Å²) in [6.45, 7) is 4.26. The van der Waals surface area contributed by atoms with Crippen LogP contribution in [0, 0.1) is 13.8 Å². The second-order valence-electron chi connectivity index (χ2n) is 7.60. The lowest BCUT2D eigenvalue weighted by molar-refractivity contribution is 0.0853. The lowest BCUT2D eigenvalue weighted by Gasteiger charge is -2.36. The first-order valence-electron chi connectivity index (χ1n) is 9.23. The minimum Gasteiger partial charge on any atom is -0.454 e. The Bertz CT molecular complexity index is 814. The van der Waals surface area contributed by atoms with Gasteiger partial charge in [-0.3, -0.25) is 9.48 Å². The topological polar surface area (TPSA) is 63.3 Å². The van der Waals surface area contributed by atoms with Gasteiger partial charge in [0.05, 0.1) is 23.0 Å². The minimum atomic E-state index is -0.128. The molecule has 7 heteroatoms. The fourth-order valence-electron chi connectivity index (χ4n) is 4.35. The number of carbonyl (C=O) groups is 1. The molecular weight excluding hydrogens is 352 g/mol. The highest BCUT2D eigenvalue weighted by molar-refractivity contribution is 6.31. The van der Waals surface area contributed by atoms with Crippen LogP contribution in [-0.2, 0) is 6.54 Å². The van der Waals surface area contributed by atoms with Crippen molar-refractivity contribution in [2.45, 2.75) is 64.2 Å². The number of halogens is 1. The number of nitrogens with zero attached hydrogens (tertiary/aromatic N) is 3. The molecule has 2 aliphatic heterocycles. The zero-order valence-corrected chi connectivity index (χ0v) is 16.2. The highest BCUT2D eigenvalue weighted by atomic mass is 35.5. The number of nitrogens with one attached hydrogen (secondary N) is 1. The number of amides is 1. The van der Waals surface area contributed by atoms with E-state index in [2.05, 4.69) is 22.4 Å². The summed E-state index contributed by atoms with van der Waals surface area (Å²) in [5.41, 5.74) is 1.69. The van der Waals surface area contributed by atoms with E-state index in [4.69, 9.17) is 16.0 Å². The lowest BCUT2D eigenvalue weighted by atomic mass is 9.98. The van der Waals surface area contributed by atoms with E-state index < -0.39 is 0 Å². The van der Waals surface area contributed by atoms with Gasteiger partial charge in [0.15, 0.2) is 5.76 Å². The third-order valence-corrected chi connectivity index (χ3v) is 6.46. The maximum absolute atomic E-state index is 12.6. The van der Waals surface area contributed by atoms with E-state index in [0.717, 1.165) is 24.2 Å². The highest BCUT2D eigenvalue weighted by Crippen LogP contribution is 2.34. The van der Waals surface area contributed by atoms with Crippen molar-refractivity contribution >= 4 is 17.5 Å². The molecule has 0 radical (unpaired) electrons. The third-order valence-electron chi connectivity index (χ3n) is 5.92. The predicted octanol–water partition coefficient (Wildman–Crippen LogP) is 3.15. The van der Waals surface area contributed by atoms with E-state index in [1.807, 2.05) is 19.9 Å². The van der Waals surface area contributed by atoms with Crippen LogP contribution in [0.5, 0.6) is 0 Å². The first kappa shape index (κ1) is 17.6. The molecule has 2 aromatic heterocycles. The number of rotatable bonds is 4. The van der Waals surface area contributed by atoms with Crippen LogP contribution in [0.25, 0.3) is 0 Å². The SMILES string of the molecule is Cc1nn(Cc2ccc(C(=O)NC3CC4CCC(C3)N4C)o2)c(C)c1Cl. The molecule has 4 heterocycles. The van der Waals surface area contributed by atoms with Gasteiger partial charge in [0.1, 0.15) is 5.76 Å². The van der Waals surface area contributed by atoms with Gasteiger partial charge < -0.3 is 14.6 Å². The Morgan fingerprint density at radius 2 is 2.00 bits per heavy atom. The van der Waals surface area contributed by atoms with Crippen molar-refractivity contribution < 1.29 is 9.21 Å². The smallest absolute Gasteiger partial charge is 0.287 e. The number of piperidine rings is 1. The van der Waals surface area contributed by atoms with Gasteiger partial charge in [-0.25, -0.2) is 0 Å². The van der Waals surface area contributed by atoms with E-state index in [9.17, 15) is 4.79 Å². The van der Waals surface area contributed by atoms with Crippen molar-refractivity contribution in [2.75, 3.05) is 7.05 Å². The lowest BCUT2D eigenvalue weighted by Crippen LogP contribution is -2.48. The van der Waals surface area contributed by atoms with E-state index in [-0.39, 0.29) is 11.9 Å². The van der Waals surface area contributed by atoms with Gasteiger partial charge in [-0.2, -0.15) is 5.10 Å². The van der Waals surface area contributed by atoms with Crippen LogP contribution in [0.1, 0.15) is 53.4 Å². The fourth-order valence-corrected chi connectivity index (χ4v) is 4.48. The largest absolute Gasteiger partial charge is 0.454 e. The van der Waals surface area contributed by atoms with Crippen LogP contribution >= 0.6 is 11.6 Å².